The fraction of sp³-hybridized carbons (Fsp3) is 0.235. The second-order valence-corrected chi connectivity index (χ2v) is 14.6. The smallest absolute Gasteiger partial charge is 0.264 e. The van der Waals surface area contributed by atoms with Gasteiger partial charge in [-0.15, -0.1) is 0 Å². The van der Waals surface area contributed by atoms with E-state index in [0.29, 0.717) is 5.02 Å². The second kappa shape index (κ2) is 14.4. The predicted octanol–water partition coefficient (Wildman–Crippen LogP) is 6.85. The molecule has 4 aromatic carbocycles. The van der Waals surface area contributed by atoms with Crippen LogP contribution in [0.3, 0.4) is 0 Å². The summed E-state index contributed by atoms with van der Waals surface area (Å²) in [6, 6.07) is 30.2. The summed E-state index contributed by atoms with van der Waals surface area (Å²) < 4.78 is 29.9. The van der Waals surface area contributed by atoms with Gasteiger partial charge >= 0.3 is 0 Å². The van der Waals surface area contributed by atoms with Gasteiger partial charge in [-0.2, -0.15) is 0 Å². The van der Waals surface area contributed by atoms with Crippen LogP contribution in [0.4, 0.5) is 5.69 Å². The van der Waals surface area contributed by atoms with E-state index in [1.54, 1.807) is 36.4 Å². The number of hydrogen-bond acceptors (Lipinski definition) is 4. The highest BCUT2D eigenvalue weighted by atomic mass is 79.9. The first-order valence-electron chi connectivity index (χ1n) is 14.1. The topological polar surface area (TPSA) is 86.8 Å². The SMILES string of the molecule is CC(C)(C)NC(=O)C(Cc1ccccc1)N(Cc1ccc(Br)cc1)C(=O)CN(c1cccc(Cl)c1)S(=O)(=O)c1ccccc1. The molecular weight excluding hydrogens is 662 g/mol. The third-order valence-electron chi connectivity index (χ3n) is 6.74. The highest BCUT2D eigenvalue weighted by Gasteiger charge is 2.35. The van der Waals surface area contributed by atoms with Crippen molar-refractivity contribution in [3.05, 3.63) is 130 Å². The Morgan fingerprint density at radius 3 is 2.05 bits per heavy atom. The van der Waals surface area contributed by atoms with Crippen LogP contribution in [0, 0.1) is 0 Å². The van der Waals surface area contributed by atoms with Crippen molar-refractivity contribution in [1.82, 2.24) is 10.2 Å². The quantitative estimate of drug-likeness (QED) is 0.186. The maximum Gasteiger partial charge on any atom is 0.264 e. The molecule has 44 heavy (non-hydrogen) atoms. The summed E-state index contributed by atoms with van der Waals surface area (Å²) in [5, 5.41) is 3.35. The van der Waals surface area contributed by atoms with Crippen molar-refractivity contribution >= 4 is 55.1 Å². The molecule has 0 aliphatic carbocycles. The third-order valence-corrected chi connectivity index (χ3v) is 9.29. The van der Waals surface area contributed by atoms with Gasteiger partial charge in [-0.3, -0.25) is 13.9 Å². The van der Waals surface area contributed by atoms with Crippen LogP contribution in [0.5, 0.6) is 0 Å². The number of sulfonamides is 1. The Kier molecular flexibility index (Phi) is 10.9. The first kappa shape index (κ1) is 33.2. The number of nitrogens with one attached hydrogen (secondary N) is 1. The summed E-state index contributed by atoms with van der Waals surface area (Å²) in [6.07, 6.45) is 0.230. The average Bonchev–Trinajstić information content (AvgIpc) is 2.98. The van der Waals surface area contributed by atoms with Crippen molar-refractivity contribution in [2.24, 2.45) is 0 Å². The number of anilines is 1. The summed E-state index contributed by atoms with van der Waals surface area (Å²) in [6.45, 7) is 5.15. The molecule has 0 bridgehead atoms. The Balaban J connectivity index is 1.81. The molecule has 1 unspecified atom stereocenters. The molecule has 1 atom stereocenters. The van der Waals surface area contributed by atoms with Gasteiger partial charge < -0.3 is 10.2 Å². The maximum absolute atomic E-state index is 14.5. The lowest BCUT2D eigenvalue weighted by Crippen LogP contribution is -2.56. The Morgan fingerprint density at radius 1 is 0.841 bits per heavy atom. The lowest BCUT2D eigenvalue weighted by Gasteiger charge is -2.35. The fourth-order valence-corrected chi connectivity index (χ4v) is 6.55. The van der Waals surface area contributed by atoms with Gasteiger partial charge in [-0.25, -0.2) is 8.42 Å². The van der Waals surface area contributed by atoms with Crippen LogP contribution in [0.2, 0.25) is 5.02 Å². The summed E-state index contributed by atoms with van der Waals surface area (Å²) >= 11 is 9.72. The molecule has 7 nitrogen and oxygen atoms in total. The van der Waals surface area contributed by atoms with Gasteiger partial charge in [-0.05, 0) is 74.4 Å². The zero-order chi connectivity index (χ0) is 31.9. The molecule has 0 fully saturated rings. The van der Waals surface area contributed by atoms with E-state index in [2.05, 4.69) is 21.2 Å². The number of rotatable bonds is 11. The van der Waals surface area contributed by atoms with Gasteiger partial charge in [0.25, 0.3) is 10.0 Å². The van der Waals surface area contributed by atoms with Gasteiger partial charge in [0.2, 0.25) is 11.8 Å². The number of hydrogen-bond donors (Lipinski definition) is 1. The first-order chi connectivity index (χ1) is 20.8. The molecule has 0 saturated carbocycles. The average molecular weight is 697 g/mol. The summed E-state index contributed by atoms with van der Waals surface area (Å²) in [4.78, 5) is 29.9. The molecule has 0 aromatic heterocycles. The van der Waals surface area contributed by atoms with Gasteiger partial charge in [0.05, 0.1) is 10.6 Å². The molecule has 10 heteroatoms. The number of halogens is 2. The Bertz CT molecular complexity index is 1680. The van der Waals surface area contributed by atoms with E-state index in [1.165, 1.54) is 23.1 Å². The number of nitrogens with zero attached hydrogens (tertiary/aromatic N) is 2. The van der Waals surface area contributed by atoms with E-state index in [0.717, 1.165) is 19.9 Å². The molecular formula is C34H35BrClN3O4S. The van der Waals surface area contributed by atoms with Crippen molar-refractivity contribution in [3.63, 3.8) is 0 Å². The summed E-state index contributed by atoms with van der Waals surface area (Å²) in [5.74, 6) is -0.885. The van der Waals surface area contributed by atoms with Gasteiger partial charge in [0.1, 0.15) is 12.6 Å². The Labute approximate surface area is 273 Å². The monoisotopic (exact) mass is 695 g/mol. The highest BCUT2D eigenvalue weighted by Crippen LogP contribution is 2.27. The van der Waals surface area contributed by atoms with Crippen LogP contribution in [0.1, 0.15) is 31.9 Å². The van der Waals surface area contributed by atoms with Crippen LogP contribution in [-0.4, -0.2) is 43.3 Å². The predicted molar refractivity (Wildman–Crippen MR) is 179 cm³/mol. The van der Waals surface area contributed by atoms with E-state index in [9.17, 15) is 18.0 Å². The molecule has 0 radical (unpaired) electrons. The minimum atomic E-state index is -4.19. The van der Waals surface area contributed by atoms with E-state index in [1.807, 2.05) is 75.4 Å². The van der Waals surface area contributed by atoms with Gasteiger partial charge in [-0.1, -0.05) is 94.3 Å². The van der Waals surface area contributed by atoms with Crippen LogP contribution < -0.4 is 9.62 Å². The van der Waals surface area contributed by atoms with Crippen LogP contribution in [0.25, 0.3) is 0 Å². The molecule has 0 spiro atoms. The van der Waals surface area contributed by atoms with Crippen LogP contribution in [-0.2, 0) is 32.6 Å². The zero-order valence-corrected chi connectivity index (χ0v) is 27.9. The normalized spacial score (nSPS) is 12.3. The number of carbonyl (C=O) groups is 2. The molecule has 230 valence electrons. The molecule has 1 N–H and O–H groups in total. The number of benzene rings is 4. The molecule has 0 aliphatic rings. The van der Waals surface area contributed by atoms with Crippen molar-refractivity contribution in [2.75, 3.05) is 10.8 Å². The molecule has 2 amide bonds. The number of carbonyl (C=O) groups excluding carboxylic acids is 2. The van der Waals surface area contributed by atoms with Crippen LogP contribution >= 0.6 is 27.5 Å². The van der Waals surface area contributed by atoms with Crippen LogP contribution in [0.15, 0.2) is 119 Å². The summed E-state index contributed by atoms with van der Waals surface area (Å²) in [7, 11) is -4.19. The second-order valence-electron chi connectivity index (χ2n) is 11.4. The lowest BCUT2D eigenvalue weighted by atomic mass is 10.0. The Hall–Kier alpha value is -3.66. The molecule has 0 saturated heterocycles. The maximum atomic E-state index is 14.5. The number of amides is 2. The fourth-order valence-electron chi connectivity index (χ4n) is 4.67. The van der Waals surface area contributed by atoms with E-state index in [4.69, 9.17) is 11.6 Å². The van der Waals surface area contributed by atoms with E-state index < -0.39 is 34.1 Å². The van der Waals surface area contributed by atoms with Crippen molar-refractivity contribution < 1.29 is 18.0 Å². The van der Waals surface area contributed by atoms with Gasteiger partial charge in [0.15, 0.2) is 0 Å². The molecule has 0 heterocycles. The standard InChI is InChI=1S/C34H35BrClN3O4S/c1-34(2,3)37-33(41)31(21-25-11-6-4-7-12-25)38(23-26-17-19-27(35)20-18-26)32(40)24-39(29-14-10-13-28(36)22-29)44(42,43)30-15-8-5-9-16-30/h4-20,22,31H,21,23-24H2,1-3H3,(H,37,41). The Morgan fingerprint density at radius 2 is 1.45 bits per heavy atom. The molecule has 4 aromatic rings. The minimum Gasteiger partial charge on any atom is -0.350 e. The highest BCUT2D eigenvalue weighted by molar-refractivity contribution is 9.10. The minimum absolute atomic E-state index is 0.0264. The van der Waals surface area contributed by atoms with Crippen molar-refractivity contribution in [2.45, 2.75) is 50.2 Å². The van der Waals surface area contributed by atoms with E-state index in [-0.39, 0.29) is 29.5 Å². The molecule has 4 rings (SSSR count). The zero-order valence-electron chi connectivity index (χ0n) is 24.8. The third kappa shape index (κ3) is 8.94. The lowest BCUT2D eigenvalue weighted by molar-refractivity contribution is -0.140. The van der Waals surface area contributed by atoms with E-state index >= 15 is 0 Å². The van der Waals surface area contributed by atoms with Gasteiger partial charge in [0, 0.05) is 28.0 Å². The molecule has 0 aliphatic heterocycles. The summed E-state index contributed by atoms with van der Waals surface area (Å²) in [5.41, 5.74) is 1.31. The largest absolute Gasteiger partial charge is 0.350 e. The van der Waals surface area contributed by atoms with Crippen molar-refractivity contribution in [1.29, 1.82) is 0 Å². The first-order valence-corrected chi connectivity index (χ1v) is 16.7. The van der Waals surface area contributed by atoms with Crippen molar-refractivity contribution in [3.8, 4) is 0 Å².